The summed E-state index contributed by atoms with van der Waals surface area (Å²) in [6.07, 6.45) is 2.32. The summed E-state index contributed by atoms with van der Waals surface area (Å²) in [6.45, 7) is 6.18. The van der Waals surface area contributed by atoms with Crippen molar-refractivity contribution in [3.8, 4) is 0 Å². The van der Waals surface area contributed by atoms with E-state index in [1.807, 2.05) is 0 Å². The zero-order chi connectivity index (χ0) is 14.5. The van der Waals surface area contributed by atoms with Gasteiger partial charge in [-0.25, -0.2) is 8.78 Å². The lowest BCUT2D eigenvalue weighted by Crippen LogP contribution is -2.48. The van der Waals surface area contributed by atoms with E-state index in [4.69, 9.17) is 0 Å². The molecule has 0 aromatic heterocycles. The van der Waals surface area contributed by atoms with Crippen LogP contribution in [0, 0.1) is 11.6 Å². The van der Waals surface area contributed by atoms with Gasteiger partial charge in [-0.05, 0) is 31.2 Å². The van der Waals surface area contributed by atoms with Crippen LogP contribution in [-0.4, -0.2) is 48.4 Å². The average Bonchev–Trinajstić information content (AvgIpc) is 2.48. The third-order valence-electron chi connectivity index (χ3n) is 3.65. The molecule has 1 heterocycles. The van der Waals surface area contributed by atoms with E-state index in [2.05, 4.69) is 11.8 Å². The van der Waals surface area contributed by atoms with Gasteiger partial charge in [-0.1, -0.05) is 13.3 Å². The van der Waals surface area contributed by atoms with Crippen molar-refractivity contribution < 1.29 is 13.6 Å². The van der Waals surface area contributed by atoms with E-state index in [0.717, 1.165) is 44.6 Å². The van der Waals surface area contributed by atoms with Gasteiger partial charge in [-0.2, -0.15) is 0 Å². The Morgan fingerprint density at radius 2 is 1.85 bits per heavy atom. The molecule has 0 aliphatic carbocycles. The summed E-state index contributed by atoms with van der Waals surface area (Å²) in [5, 5.41) is 0. The molecule has 1 aromatic carbocycles. The van der Waals surface area contributed by atoms with Gasteiger partial charge < -0.3 is 4.90 Å². The summed E-state index contributed by atoms with van der Waals surface area (Å²) in [5.41, 5.74) is 0.214. The Labute approximate surface area is 118 Å². The van der Waals surface area contributed by atoms with Crippen LogP contribution in [0.3, 0.4) is 0 Å². The van der Waals surface area contributed by atoms with Crippen LogP contribution in [0.5, 0.6) is 0 Å². The highest BCUT2D eigenvalue weighted by Crippen LogP contribution is 2.13. The monoisotopic (exact) mass is 282 g/mol. The van der Waals surface area contributed by atoms with Crippen LogP contribution in [0.15, 0.2) is 18.2 Å². The fourth-order valence-corrected chi connectivity index (χ4v) is 2.37. The zero-order valence-electron chi connectivity index (χ0n) is 11.7. The predicted molar refractivity (Wildman–Crippen MR) is 73.6 cm³/mol. The molecule has 0 spiro atoms. The highest BCUT2D eigenvalue weighted by molar-refractivity contribution is 5.94. The van der Waals surface area contributed by atoms with Crippen LogP contribution in [0.4, 0.5) is 8.78 Å². The maximum Gasteiger partial charge on any atom is 0.254 e. The number of hydrogen-bond acceptors (Lipinski definition) is 2. The fraction of sp³-hybridized carbons (Fsp3) is 0.533. The minimum atomic E-state index is -0.975. The van der Waals surface area contributed by atoms with Gasteiger partial charge in [-0.3, -0.25) is 9.69 Å². The standard InChI is InChI=1S/C15H20F2N2O/c1-2-3-6-18-7-9-19(10-8-18)15(20)12-4-5-13(16)14(17)11-12/h4-5,11H,2-3,6-10H2,1H3. The average molecular weight is 282 g/mol. The van der Waals surface area contributed by atoms with E-state index in [1.165, 1.54) is 6.07 Å². The minimum Gasteiger partial charge on any atom is -0.336 e. The molecule has 0 radical (unpaired) electrons. The number of rotatable bonds is 4. The van der Waals surface area contributed by atoms with E-state index >= 15 is 0 Å². The molecule has 0 bridgehead atoms. The smallest absolute Gasteiger partial charge is 0.254 e. The Kier molecular flexibility index (Phi) is 5.06. The van der Waals surface area contributed by atoms with Crippen LogP contribution in [0.1, 0.15) is 30.1 Å². The molecule has 110 valence electrons. The molecule has 3 nitrogen and oxygen atoms in total. The number of piperazine rings is 1. The molecule has 1 amide bonds. The predicted octanol–water partition coefficient (Wildman–Crippen LogP) is 2.52. The van der Waals surface area contributed by atoms with Crippen molar-refractivity contribution >= 4 is 5.91 Å². The van der Waals surface area contributed by atoms with Crippen molar-refractivity contribution in [3.05, 3.63) is 35.4 Å². The number of nitrogens with zero attached hydrogens (tertiary/aromatic N) is 2. The van der Waals surface area contributed by atoms with Crippen LogP contribution in [0.25, 0.3) is 0 Å². The first-order chi connectivity index (χ1) is 9.61. The molecule has 0 N–H and O–H groups in total. The van der Waals surface area contributed by atoms with E-state index in [0.29, 0.717) is 13.1 Å². The van der Waals surface area contributed by atoms with Gasteiger partial charge in [0, 0.05) is 31.7 Å². The summed E-state index contributed by atoms with van der Waals surface area (Å²) < 4.78 is 26.0. The summed E-state index contributed by atoms with van der Waals surface area (Å²) >= 11 is 0. The normalized spacial score (nSPS) is 16.4. The first kappa shape index (κ1) is 14.9. The zero-order valence-corrected chi connectivity index (χ0v) is 11.7. The van der Waals surface area contributed by atoms with E-state index in [9.17, 15) is 13.6 Å². The van der Waals surface area contributed by atoms with Gasteiger partial charge in [0.25, 0.3) is 5.91 Å². The van der Waals surface area contributed by atoms with Gasteiger partial charge in [0.05, 0.1) is 0 Å². The van der Waals surface area contributed by atoms with Gasteiger partial charge >= 0.3 is 0 Å². The number of carbonyl (C=O) groups is 1. The van der Waals surface area contributed by atoms with Crippen molar-refractivity contribution in [2.45, 2.75) is 19.8 Å². The lowest BCUT2D eigenvalue weighted by atomic mass is 10.1. The summed E-state index contributed by atoms with van der Waals surface area (Å²) in [6, 6.07) is 3.31. The highest BCUT2D eigenvalue weighted by Gasteiger charge is 2.22. The SMILES string of the molecule is CCCCN1CCN(C(=O)c2ccc(F)c(F)c2)CC1. The largest absolute Gasteiger partial charge is 0.336 e. The molecule has 0 saturated carbocycles. The fourth-order valence-electron chi connectivity index (χ4n) is 2.37. The number of unbranched alkanes of at least 4 members (excludes halogenated alkanes) is 1. The Morgan fingerprint density at radius 3 is 2.45 bits per heavy atom. The molecule has 1 aromatic rings. The maximum atomic E-state index is 13.2. The Balaban J connectivity index is 1.92. The van der Waals surface area contributed by atoms with Gasteiger partial charge in [-0.15, -0.1) is 0 Å². The second-order valence-electron chi connectivity index (χ2n) is 5.12. The first-order valence-electron chi connectivity index (χ1n) is 7.08. The second kappa shape index (κ2) is 6.79. The van der Waals surface area contributed by atoms with Crippen LogP contribution in [0.2, 0.25) is 0 Å². The molecule has 1 aliphatic heterocycles. The van der Waals surface area contributed by atoms with Crippen LogP contribution >= 0.6 is 0 Å². The third kappa shape index (κ3) is 3.54. The van der Waals surface area contributed by atoms with Gasteiger partial charge in [0.15, 0.2) is 11.6 Å². The number of hydrogen-bond donors (Lipinski definition) is 0. The molecule has 1 aliphatic rings. The molecule has 0 unspecified atom stereocenters. The lowest BCUT2D eigenvalue weighted by molar-refractivity contribution is 0.0635. The first-order valence-corrected chi connectivity index (χ1v) is 7.08. The molecular weight excluding hydrogens is 262 g/mol. The quantitative estimate of drug-likeness (QED) is 0.847. The van der Waals surface area contributed by atoms with E-state index in [-0.39, 0.29) is 11.5 Å². The Hall–Kier alpha value is -1.49. The van der Waals surface area contributed by atoms with Gasteiger partial charge in [0.2, 0.25) is 0 Å². The molecular formula is C15H20F2N2O. The minimum absolute atomic E-state index is 0.214. The van der Waals surface area contributed by atoms with Crippen molar-refractivity contribution in [2.24, 2.45) is 0 Å². The van der Waals surface area contributed by atoms with Crippen LogP contribution < -0.4 is 0 Å². The lowest BCUT2D eigenvalue weighted by Gasteiger charge is -2.34. The van der Waals surface area contributed by atoms with Crippen molar-refractivity contribution in [2.75, 3.05) is 32.7 Å². The summed E-state index contributed by atoms with van der Waals surface area (Å²) in [5.74, 6) is -2.12. The summed E-state index contributed by atoms with van der Waals surface area (Å²) in [7, 11) is 0. The maximum absolute atomic E-state index is 13.2. The van der Waals surface area contributed by atoms with Crippen LogP contribution in [-0.2, 0) is 0 Å². The van der Waals surface area contributed by atoms with Crippen molar-refractivity contribution in [1.82, 2.24) is 9.80 Å². The number of benzene rings is 1. The second-order valence-corrected chi connectivity index (χ2v) is 5.12. The van der Waals surface area contributed by atoms with Crippen molar-refractivity contribution in [3.63, 3.8) is 0 Å². The van der Waals surface area contributed by atoms with E-state index in [1.54, 1.807) is 4.90 Å². The number of amides is 1. The third-order valence-corrected chi connectivity index (χ3v) is 3.65. The van der Waals surface area contributed by atoms with E-state index < -0.39 is 11.6 Å². The van der Waals surface area contributed by atoms with Gasteiger partial charge in [0.1, 0.15) is 0 Å². The summed E-state index contributed by atoms with van der Waals surface area (Å²) in [4.78, 5) is 16.2. The molecule has 20 heavy (non-hydrogen) atoms. The number of carbonyl (C=O) groups excluding carboxylic acids is 1. The topological polar surface area (TPSA) is 23.6 Å². The highest BCUT2D eigenvalue weighted by atomic mass is 19.2. The molecule has 1 saturated heterocycles. The molecule has 5 heteroatoms. The Bertz CT molecular complexity index is 471. The Morgan fingerprint density at radius 1 is 1.15 bits per heavy atom. The molecule has 1 fully saturated rings. The van der Waals surface area contributed by atoms with Crippen molar-refractivity contribution in [1.29, 1.82) is 0 Å². The molecule has 0 atom stereocenters. The molecule has 2 rings (SSSR count). The number of halogens is 2.